The van der Waals surface area contributed by atoms with Gasteiger partial charge in [-0.1, -0.05) is 67.6 Å². The monoisotopic (exact) mass is 287 g/mol. The first-order valence-electron chi connectivity index (χ1n) is 6.96. The third-order valence-corrected chi connectivity index (χ3v) is 5.27. The average Bonchev–Trinajstić information content (AvgIpc) is 2.50. The van der Waals surface area contributed by atoms with Crippen LogP contribution in [0.2, 0.25) is 0 Å². The summed E-state index contributed by atoms with van der Waals surface area (Å²) in [4.78, 5) is 0. The molecule has 0 bridgehead atoms. The lowest BCUT2D eigenvalue weighted by molar-refractivity contribution is 0.637. The van der Waals surface area contributed by atoms with Crippen LogP contribution in [-0.2, 0) is 10.8 Å². The van der Waals surface area contributed by atoms with Crippen molar-refractivity contribution in [3.63, 3.8) is 0 Å². The zero-order chi connectivity index (χ0) is 14.4. The third kappa shape index (κ3) is 3.56. The fraction of sp³-hybridized carbons (Fsp3) is 0.294. The summed E-state index contributed by atoms with van der Waals surface area (Å²) in [5, 5.41) is -0.154. The average molecular weight is 287 g/mol. The largest absolute Gasteiger partial charge is 0.323 e. The Hall–Kier alpha value is -1.45. The van der Waals surface area contributed by atoms with E-state index in [1.165, 1.54) is 0 Å². The van der Waals surface area contributed by atoms with Crippen molar-refractivity contribution in [2.24, 2.45) is 5.73 Å². The van der Waals surface area contributed by atoms with E-state index >= 15 is 0 Å². The smallest absolute Gasteiger partial charge is 0.0789 e. The van der Waals surface area contributed by atoms with Crippen molar-refractivity contribution in [3.8, 4) is 0 Å². The fourth-order valence-electron chi connectivity index (χ4n) is 2.34. The first-order chi connectivity index (χ1) is 9.74. The van der Waals surface area contributed by atoms with Gasteiger partial charge in [-0.15, -0.1) is 0 Å². The highest BCUT2D eigenvalue weighted by Crippen LogP contribution is 2.32. The summed E-state index contributed by atoms with van der Waals surface area (Å²) in [6.07, 6.45) is 0.900. The molecular formula is C17H21NOS. The van der Waals surface area contributed by atoms with Crippen LogP contribution in [-0.4, -0.2) is 9.96 Å². The van der Waals surface area contributed by atoms with Crippen LogP contribution >= 0.6 is 0 Å². The van der Waals surface area contributed by atoms with Gasteiger partial charge < -0.3 is 5.73 Å². The minimum atomic E-state index is -0.964. The van der Waals surface area contributed by atoms with Gasteiger partial charge in [-0.25, -0.2) is 0 Å². The van der Waals surface area contributed by atoms with E-state index in [0.29, 0.717) is 5.75 Å². The molecule has 3 atom stereocenters. The second-order valence-corrected chi connectivity index (χ2v) is 6.53. The summed E-state index contributed by atoms with van der Waals surface area (Å²) in [6.45, 7) is 2.05. The van der Waals surface area contributed by atoms with Gasteiger partial charge in [0.15, 0.2) is 0 Å². The Morgan fingerprint density at radius 3 is 1.95 bits per heavy atom. The summed E-state index contributed by atoms with van der Waals surface area (Å²) < 4.78 is 12.6. The van der Waals surface area contributed by atoms with E-state index in [0.717, 1.165) is 17.5 Å². The van der Waals surface area contributed by atoms with Crippen molar-refractivity contribution in [2.75, 3.05) is 5.75 Å². The van der Waals surface area contributed by atoms with Gasteiger partial charge in [0.2, 0.25) is 0 Å². The molecule has 2 aromatic carbocycles. The van der Waals surface area contributed by atoms with Crippen molar-refractivity contribution in [1.29, 1.82) is 0 Å². The third-order valence-electron chi connectivity index (χ3n) is 3.33. The van der Waals surface area contributed by atoms with Crippen molar-refractivity contribution in [1.82, 2.24) is 0 Å². The van der Waals surface area contributed by atoms with Gasteiger partial charge in [-0.05, 0) is 17.5 Å². The fourth-order valence-corrected chi connectivity index (χ4v) is 3.94. The van der Waals surface area contributed by atoms with Crippen LogP contribution in [0.4, 0.5) is 0 Å². The topological polar surface area (TPSA) is 43.1 Å². The molecule has 0 aromatic heterocycles. The van der Waals surface area contributed by atoms with Crippen LogP contribution in [0.15, 0.2) is 60.7 Å². The summed E-state index contributed by atoms with van der Waals surface area (Å²) in [6, 6.07) is 19.6. The van der Waals surface area contributed by atoms with E-state index < -0.39 is 10.8 Å². The highest BCUT2D eigenvalue weighted by molar-refractivity contribution is 7.85. The molecule has 0 radical (unpaired) electrons. The van der Waals surface area contributed by atoms with Gasteiger partial charge in [0.1, 0.15) is 0 Å². The normalized spacial score (nSPS) is 15.5. The SMILES string of the molecule is CCCS(=O)C(c1ccccc1)C(N)c1ccccc1. The molecule has 3 unspecified atom stereocenters. The standard InChI is InChI=1S/C17H21NOS/c1-2-13-20(19)17(15-11-7-4-8-12-15)16(18)14-9-5-3-6-10-14/h3-12,16-17H,2,13,18H2,1H3. The Morgan fingerprint density at radius 2 is 1.45 bits per heavy atom. The lowest BCUT2D eigenvalue weighted by Gasteiger charge is -2.24. The molecule has 3 heteroatoms. The van der Waals surface area contributed by atoms with Gasteiger partial charge in [-0.2, -0.15) is 0 Å². The van der Waals surface area contributed by atoms with Crippen LogP contribution in [0.1, 0.15) is 35.8 Å². The van der Waals surface area contributed by atoms with E-state index in [9.17, 15) is 4.21 Å². The first kappa shape index (κ1) is 14.9. The van der Waals surface area contributed by atoms with Gasteiger partial charge >= 0.3 is 0 Å². The van der Waals surface area contributed by atoms with Crippen LogP contribution in [0.25, 0.3) is 0 Å². The maximum Gasteiger partial charge on any atom is 0.0789 e. The van der Waals surface area contributed by atoms with Gasteiger partial charge in [0.05, 0.1) is 5.25 Å². The summed E-state index contributed by atoms with van der Waals surface area (Å²) in [5.74, 6) is 0.681. The molecule has 2 aromatic rings. The molecule has 106 valence electrons. The minimum Gasteiger partial charge on any atom is -0.323 e. The molecule has 2 rings (SSSR count). The van der Waals surface area contributed by atoms with E-state index in [1.54, 1.807) is 0 Å². The molecular weight excluding hydrogens is 266 g/mol. The first-order valence-corrected chi connectivity index (χ1v) is 8.35. The molecule has 0 aliphatic carbocycles. The molecule has 2 nitrogen and oxygen atoms in total. The molecule has 0 heterocycles. The molecule has 20 heavy (non-hydrogen) atoms. The highest BCUT2D eigenvalue weighted by Gasteiger charge is 2.26. The van der Waals surface area contributed by atoms with Gasteiger partial charge in [-0.3, -0.25) is 4.21 Å². The second-order valence-electron chi connectivity index (χ2n) is 4.85. The van der Waals surface area contributed by atoms with Crippen molar-refractivity contribution in [3.05, 3.63) is 71.8 Å². The maximum absolute atomic E-state index is 12.6. The van der Waals surface area contributed by atoms with Crippen LogP contribution < -0.4 is 5.73 Å². The van der Waals surface area contributed by atoms with Gasteiger partial charge in [0.25, 0.3) is 0 Å². The van der Waals surface area contributed by atoms with Crippen LogP contribution in [0, 0.1) is 0 Å². The molecule has 0 spiro atoms. The predicted molar refractivity (Wildman–Crippen MR) is 85.9 cm³/mol. The Labute approximate surface area is 123 Å². The van der Waals surface area contributed by atoms with E-state index in [2.05, 4.69) is 0 Å². The predicted octanol–water partition coefficient (Wildman–Crippen LogP) is 3.59. The van der Waals surface area contributed by atoms with Crippen molar-refractivity contribution < 1.29 is 4.21 Å². The molecule has 2 N–H and O–H groups in total. The highest BCUT2D eigenvalue weighted by atomic mass is 32.2. The van der Waals surface area contributed by atoms with Crippen LogP contribution in [0.3, 0.4) is 0 Å². The Kier molecular flexibility index (Phi) is 5.50. The van der Waals surface area contributed by atoms with Crippen molar-refractivity contribution in [2.45, 2.75) is 24.6 Å². The summed E-state index contributed by atoms with van der Waals surface area (Å²) in [5.41, 5.74) is 8.49. The molecule has 0 saturated heterocycles. The maximum atomic E-state index is 12.6. The lowest BCUT2D eigenvalue weighted by atomic mass is 9.99. The van der Waals surface area contributed by atoms with Crippen LogP contribution in [0.5, 0.6) is 0 Å². The number of hydrogen-bond donors (Lipinski definition) is 1. The Balaban J connectivity index is 2.34. The van der Waals surface area contributed by atoms with Gasteiger partial charge in [0, 0.05) is 22.6 Å². The molecule has 0 fully saturated rings. The van der Waals surface area contributed by atoms with E-state index in [4.69, 9.17) is 5.73 Å². The Bertz CT molecular complexity index is 541. The minimum absolute atomic E-state index is 0.154. The Morgan fingerprint density at radius 1 is 0.950 bits per heavy atom. The van der Waals surface area contributed by atoms with E-state index in [-0.39, 0.29) is 11.3 Å². The second kappa shape index (κ2) is 7.36. The number of rotatable bonds is 6. The quantitative estimate of drug-likeness (QED) is 0.882. The molecule has 0 aliphatic heterocycles. The van der Waals surface area contributed by atoms with Crippen molar-refractivity contribution >= 4 is 10.8 Å². The molecule has 0 aliphatic rings. The number of nitrogens with two attached hydrogens (primary N) is 1. The summed E-state index contributed by atoms with van der Waals surface area (Å²) >= 11 is 0. The number of hydrogen-bond acceptors (Lipinski definition) is 2. The van der Waals surface area contributed by atoms with E-state index in [1.807, 2.05) is 67.6 Å². The zero-order valence-electron chi connectivity index (χ0n) is 11.7. The zero-order valence-corrected chi connectivity index (χ0v) is 12.6. The number of benzene rings is 2. The lowest BCUT2D eigenvalue weighted by Crippen LogP contribution is -2.24. The summed E-state index contributed by atoms with van der Waals surface area (Å²) in [7, 11) is -0.964. The molecule has 0 saturated carbocycles. The molecule has 0 amide bonds.